The van der Waals surface area contributed by atoms with Crippen molar-refractivity contribution in [1.29, 1.82) is 0 Å². The highest BCUT2D eigenvalue weighted by atomic mass is 32.1. The molecule has 6 heteroatoms. The van der Waals surface area contributed by atoms with E-state index in [4.69, 9.17) is 4.98 Å². The van der Waals surface area contributed by atoms with Gasteiger partial charge in [-0.15, -0.1) is 0 Å². The molecular weight excluding hydrogens is 380 g/mol. The zero-order chi connectivity index (χ0) is 19.6. The van der Waals surface area contributed by atoms with Crippen molar-refractivity contribution < 1.29 is 4.79 Å². The summed E-state index contributed by atoms with van der Waals surface area (Å²) in [4.78, 5) is 25.3. The average molecular weight is 411 g/mol. The number of carbonyl (C=O) groups is 1. The lowest BCUT2D eigenvalue weighted by Crippen LogP contribution is -2.43. The molecule has 1 aliphatic carbocycles. The Balaban J connectivity index is 1.25. The summed E-state index contributed by atoms with van der Waals surface area (Å²) in [7, 11) is 0. The topological polar surface area (TPSA) is 49.3 Å². The van der Waals surface area contributed by atoms with Crippen LogP contribution in [0, 0.1) is 5.92 Å². The molecule has 0 saturated carbocycles. The maximum absolute atomic E-state index is 11.7. The van der Waals surface area contributed by atoms with Gasteiger partial charge < -0.3 is 4.90 Å². The highest BCUT2D eigenvalue weighted by Gasteiger charge is 2.27. The molecule has 0 radical (unpaired) electrons. The SMILES string of the molecule is O=C1CCN1c1cc2sc(N3CCCC(CC4=CCCCCC4)CC3)nc2cn1. The fraction of sp³-hybridized carbons (Fsp3) is 0.609. The Bertz CT molecular complexity index is 921. The summed E-state index contributed by atoms with van der Waals surface area (Å²) in [5.41, 5.74) is 2.67. The predicted molar refractivity (Wildman–Crippen MR) is 120 cm³/mol. The van der Waals surface area contributed by atoms with Gasteiger partial charge in [0, 0.05) is 32.1 Å². The molecule has 2 aromatic rings. The second-order valence-corrected chi connectivity index (χ2v) is 9.76. The van der Waals surface area contributed by atoms with Crippen LogP contribution >= 0.6 is 11.3 Å². The van der Waals surface area contributed by atoms with Crippen molar-refractivity contribution in [1.82, 2.24) is 9.97 Å². The van der Waals surface area contributed by atoms with Crippen molar-refractivity contribution in [2.24, 2.45) is 5.92 Å². The summed E-state index contributed by atoms with van der Waals surface area (Å²) in [6.45, 7) is 2.98. The fourth-order valence-electron chi connectivity index (χ4n) is 4.85. The smallest absolute Gasteiger partial charge is 0.229 e. The van der Waals surface area contributed by atoms with Crippen molar-refractivity contribution in [3.05, 3.63) is 23.9 Å². The van der Waals surface area contributed by atoms with Crippen LogP contribution < -0.4 is 9.80 Å². The number of aromatic nitrogens is 2. The molecule has 5 nitrogen and oxygen atoms in total. The van der Waals surface area contributed by atoms with E-state index in [-0.39, 0.29) is 5.91 Å². The Morgan fingerprint density at radius 1 is 1.07 bits per heavy atom. The zero-order valence-corrected chi connectivity index (χ0v) is 17.9. The maximum Gasteiger partial charge on any atom is 0.229 e. The number of thiazole rings is 1. The Labute approximate surface area is 176 Å². The first-order chi connectivity index (χ1) is 14.3. The minimum atomic E-state index is 0.170. The average Bonchev–Trinajstić information content (AvgIpc) is 2.88. The van der Waals surface area contributed by atoms with Gasteiger partial charge in [-0.1, -0.05) is 29.4 Å². The lowest BCUT2D eigenvalue weighted by Gasteiger charge is -2.29. The largest absolute Gasteiger partial charge is 0.348 e. The molecule has 2 saturated heterocycles. The number of anilines is 2. The third kappa shape index (κ3) is 4.18. The van der Waals surface area contributed by atoms with Crippen molar-refractivity contribution >= 4 is 38.4 Å². The number of nitrogens with zero attached hydrogens (tertiary/aromatic N) is 4. The predicted octanol–water partition coefficient (Wildman–Crippen LogP) is 5.32. The van der Waals surface area contributed by atoms with E-state index in [1.165, 1.54) is 57.8 Å². The van der Waals surface area contributed by atoms with E-state index in [9.17, 15) is 4.79 Å². The molecule has 1 unspecified atom stereocenters. The number of fused-ring (bicyclic) bond motifs is 1. The number of pyridine rings is 1. The molecule has 5 rings (SSSR count). The molecule has 29 heavy (non-hydrogen) atoms. The molecule has 2 fully saturated rings. The molecule has 4 heterocycles. The van der Waals surface area contributed by atoms with E-state index in [2.05, 4.69) is 16.0 Å². The van der Waals surface area contributed by atoms with Gasteiger partial charge in [0.05, 0.1) is 10.9 Å². The number of amides is 1. The third-order valence-corrected chi connectivity index (χ3v) is 7.76. The number of allylic oxidation sites excluding steroid dienone is 2. The van der Waals surface area contributed by atoms with E-state index < -0.39 is 0 Å². The van der Waals surface area contributed by atoms with Gasteiger partial charge in [0.25, 0.3) is 0 Å². The fourth-order valence-corrected chi connectivity index (χ4v) is 5.87. The monoisotopic (exact) mass is 410 g/mol. The molecule has 2 aromatic heterocycles. The molecule has 0 bridgehead atoms. The molecule has 0 spiro atoms. The second kappa shape index (κ2) is 8.42. The number of β-lactam (4-membered cyclic amide) rings is 1. The molecule has 2 aliphatic heterocycles. The molecule has 1 atom stereocenters. The highest BCUT2D eigenvalue weighted by molar-refractivity contribution is 7.22. The normalized spacial score (nSPS) is 23.5. The summed E-state index contributed by atoms with van der Waals surface area (Å²) in [5.74, 6) is 1.77. The Morgan fingerprint density at radius 2 is 2.03 bits per heavy atom. The Morgan fingerprint density at radius 3 is 2.90 bits per heavy atom. The van der Waals surface area contributed by atoms with Crippen molar-refractivity contribution in [3.63, 3.8) is 0 Å². The van der Waals surface area contributed by atoms with Crippen molar-refractivity contribution in [3.8, 4) is 0 Å². The molecule has 1 amide bonds. The summed E-state index contributed by atoms with van der Waals surface area (Å²) in [6, 6.07) is 2.03. The summed E-state index contributed by atoms with van der Waals surface area (Å²) in [5, 5.41) is 1.11. The van der Waals surface area contributed by atoms with E-state index >= 15 is 0 Å². The summed E-state index contributed by atoms with van der Waals surface area (Å²) < 4.78 is 1.13. The summed E-state index contributed by atoms with van der Waals surface area (Å²) in [6.07, 6.45) is 16.9. The van der Waals surface area contributed by atoms with Gasteiger partial charge in [-0.2, -0.15) is 0 Å². The summed E-state index contributed by atoms with van der Waals surface area (Å²) >= 11 is 1.75. The van der Waals surface area contributed by atoms with E-state index in [1.807, 2.05) is 12.3 Å². The molecule has 154 valence electrons. The maximum atomic E-state index is 11.7. The van der Waals surface area contributed by atoms with Crippen LogP contribution in [-0.4, -0.2) is 35.5 Å². The van der Waals surface area contributed by atoms with E-state index in [0.717, 1.165) is 46.7 Å². The van der Waals surface area contributed by atoms with Crippen LogP contribution in [0.1, 0.15) is 64.2 Å². The first-order valence-corrected chi connectivity index (χ1v) is 12.1. The van der Waals surface area contributed by atoms with Crippen LogP contribution in [0.4, 0.5) is 10.9 Å². The molecular formula is C23H30N4OS. The standard InChI is InChI=1S/C23H30N4OS/c28-22-10-13-27(22)21-15-20-19(16-24-21)25-23(29-20)26-11-5-8-18(9-12-26)14-17-6-3-1-2-4-7-17/h6,15-16,18H,1-5,7-14H2. The van der Waals surface area contributed by atoms with Crippen molar-refractivity contribution in [2.45, 2.75) is 64.2 Å². The van der Waals surface area contributed by atoms with Crippen LogP contribution in [0.3, 0.4) is 0 Å². The van der Waals surface area contributed by atoms with Crippen LogP contribution in [0.15, 0.2) is 23.9 Å². The van der Waals surface area contributed by atoms with Crippen LogP contribution in [-0.2, 0) is 4.79 Å². The van der Waals surface area contributed by atoms with Gasteiger partial charge in [-0.25, -0.2) is 9.97 Å². The Kier molecular flexibility index (Phi) is 5.53. The van der Waals surface area contributed by atoms with Gasteiger partial charge >= 0.3 is 0 Å². The lowest BCUT2D eigenvalue weighted by molar-refractivity contribution is -0.122. The van der Waals surface area contributed by atoms with Gasteiger partial charge in [-0.05, 0) is 57.3 Å². The lowest BCUT2D eigenvalue weighted by atomic mass is 9.91. The van der Waals surface area contributed by atoms with Gasteiger partial charge in [0.1, 0.15) is 11.3 Å². The van der Waals surface area contributed by atoms with Gasteiger partial charge in [-0.3, -0.25) is 9.69 Å². The Hall–Kier alpha value is -1.95. The molecule has 0 aromatic carbocycles. The van der Waals surface area contributed by atoms with Crippen molar-refractivity contribution in [2.75, 3.05) is 29.4 Å². The minimum absolute atomic E-state index is 0.170. The van der Waals surface area contributed by atoms with Crippen LogP contribution in [0.2, 0.25) is 0 Å². The number of rotatable bonds is 4. The first-order valence-electron chi connectivity index (χ1n) is 11.3. The second-order valence-electron chi connectivity index (χ2n) is 8.75. The third-order valence-electron chi connectivity index (χ3n) is 6.68. The van der Waals surface area contributed by atoms with E-state index in [1.54, 1.807) is 21.8 Å². The van der Waals surface area contributed by atoms with Gasteiger partial charge in [0.15, 0.2) is 5.13 Å². The number of carbonyl (C=O) groups excluding carboxylic acids is 1. The number of hydrogen-bond donors (Lipinski definition) is 0. The highest BCUT2D eigenvalue weighted by Crippen LogP contribution is 2.35. The van der Waals surface area contributed by atoms with Crippen LogP contribution in [0.5, 0.6) is 0 Å². The zero-order valence-electron chi connectivity index (χ0n) is 17.1. The molecule has 3 aliphatic rings. The minimum Gasteiger partial charge on any atom is -0.348 e. The number of hydrogen-bond acceptors (Lipinski definition) is 5. The van der Waals surface area contributed by atoms with E-state index in [0.29, 0.717) is 6.42 Å². The quantitative estimate of drug-likeness (QED) is 0.506. The van der Waals surface area contributed by atoms with Gasteiger partial charge in [0.2, 0.25) is 5.91 Å². The first kappa shape index (κ1) is 19.0. The van der Waals surface area contributed by atoms with Crippen LogP contribution in [0.25, 0.3) is 10.2 Å². The molecule has 0 N–H and O–H groups in total.